The molecule has 2 aromatic carbocycles. The molecule has 0 spiro atoms. The van der Waals surface area contributed by atoms with Gasteiger partial charge >= 0.3 is 18.3 Å². The SMILES string of the molecule is O=C(O)c1cnn(-c2cccc(-c3ccccc3OCc3c(F)cc(C4CCN(CC(F)(F)F)CC4)cc3F)n2)c1C(F)(F)F. The molecule has 0 unspecified atom stereocenters. The van der Waals surface area contributed by atoms with Crippen molar-refractivity contribution in [2.75, 3.05) is 19.6 Å². The Hall–Kier alpha value is -4.53. The Bertz CT molecular complexity index is 1670. The molecule has 0 radical (unpaired) electrons. The number of ether oxygens (including phenoxy) is 1. The fourth-order valence-electron chi connectivity index (χ4n) is 5.27. The Labute approximate surface area is 250 Å². The fraction of sp³-hybridized carbons (Fsp3) is 0.300. The van der Waals surface area contributed by atoms with E-state index in [4.69, 9.17) is 4.74 Å². The van der Waals surface area contributed by atoms with Crippen molar-refractivity contribution in [2.24, 2.45) is 0 Å². The number of alkyl halides is 6. The molecule has 0 saturated carbocycles. The molecule has 45 heavy (non-hydrogen) atoms. The Morgan fingerprint density at radius 3 is 2.24 bits per heavy atom. The van der Waals surface area contributed by atoms with Gasteiger partial charge in [0, 0.05) is 5.56 Å². The van der Waals surface area contributed by atoms with Gasteiger partial charge in [0.1, 0.15) is 29.6 Å². The van der Waals surface area contributed by atoms with Crippen molar-refractivity contribution in [3.8, 4) is 22.8 Å². The lowest BCUT2D eigenvalue weighted by Crippen LogP contribution is -2.39. The zero-order chi connectivity index (χ0) is 32.5. The first-order valence-electron chi connectivity index (χ1n) is 13.6. The third-order valence-electron chi connectivity index (χ3n) is 7.38. The Kier molecular flexibility index (Phi) is 8.83. The van der Waals surface area contributed by atoms with Gasteiger partial charge in [0.05, 0.1) is 24.0 Å². The molecule has 3 heterocycles. The number of hydrogen-bond acceptors (Lipinski definition) is 5. The maximum absolute atomic E-state index is 15.1. The predicted octanol–water partition coefficient (Wildman–Crippen LogP) is 7.25. The van der Waals surface area contributed by atoms with Gasteiger partial charge in [-0.15, -0.1) is 0 Å². The van der Waals surface area contributed by atoms with Gasteiger partial charge in [-0.25, -0.2) is 23.2 Å². The number of hydrogen-bond donors (Lipinski definition) is 1. The van der Waals surface area contributed by atoms with Crippen LogP contribution in [0.25, 0.3) is 17.1 Å². The molecular formula is C30H24F8N4O3. The number of carboxylic acid groups (broad SMARTS) is 1. The summed E-state index contributed by atoms with van der Waals surface area (Å²) in [7, 11) is 0. The van der Waals surface area contributed by atoms with Crippen molar-refractivity contribution < 1.29 is 49.8 Å². The van der Waals surface area contributed by atoms with E-state index in [0.717, 1.165) is 12.1 Å². The number of para-hydroxylation sites is 1. The van der Waals surface area contributed by atoms with Crippen molar-refractivity contribution in [3.05, 3.63) is 94.8 Å². The molecule has 1 aliphatic rings. The maximum atomic E-state index is 15.1. The number of aromatic nitrogens is 3. The average molecular weight is 641 g/mol. The fourth-order valence-corrected chi connectivity index (χ4v) is 5.27. The van der Waals surface area contributed by atoms with Crippen LogP contribution in [0.3, 0.4) is 0 Å². The van der Waals surface area contributed by atoms with E-state index in [9.17, 15) is 36.2 Å². The molecule has 4 aromatic rings. The zero-order valence-corrected chi connectivity index (χ0v) is 23.2. The molecule has 238 valence electrons. The summed E-state index contributed by atoms with van der Waals surface area (Å²) in [6.07, 6.45) is -8.19. The molecule has 0 aliphatic carbocycles. The number of rotatable bonds is 8. The van der Waals surface area contributed by atoms with Crippen LogP contribution in [0.1, 0.15) is 45.9 Å². The number of piperidine rings is 1. The summed E-state index contributed by atoms with van der Waals surface area (Å²) in [6, 6.07) is 12.5. The lowest BCUT2D eigenvalue weighted by molar-refractivity contribution is -0.148. The molecule has 7 nitrogen and oxygen atoms in total. The molecule has 0 amide bonds. The van der Waals surface area contributed by atoms with E-state index in [2.05, 4.69) is 10.1 Å². The number of nitrogens with zero attached hydrogens (tertiary/aromatic N) is 4. The van der Waals surface area contributed by atoms with E-state index in [1.165, 1.54) is 35.2 Å². The van der Waals surface area contributed by atoms with Crippen molar-refractivity contribution in [1.82, 2.24) is 19.7 Å². The number of pyridine rings is 1. The Balaban J connectivity index is 1.35. The summed E-state index contributed by atoms with van der Waals surface area (Å²) in [6.45, 7) is -1.31. The highest BCUT2D eigenvalue weighted by molar-refractivity contribution is 5.89. The molecule has 0 bridgehead atoms. The minimum absolute atomic E-state index is 0.102. The monoisotopic (exact) mass is 640 g/mol. The first kappa shape index (κ1) is 31.9. The molecule has 2 aromatic heterocycles. The van der Waals surface area contributed by atoms with Gasteiger partial charge in [0.15, 0.2) is 11.5 Å². The molecule has 15 heteroatoms. The summed E-state index contributed by atoms with van der Waals surface area (Å²) >= 11 is 0. The predicted molar refractivity (Wildman–Crippen MR) is 144 cm³/mol. The first-order chi connectivity index (χ1) is 21.2. The van der Waals surface area contributed by atoms with Gasteiger partial charge in [0.2, 0.25) is 0 Å². The van der Waals surface area contributed by atoms with Crippen molar-refractivity contribution in [1.29, 1.82) is 0 Å². The summed E-state index contributed by atoms with van der Waals surface area (Å²) in [5, 5.41) is 12.8. The molecule has 1 aliphatic heterocycles. The number of carboxylic acids is 1. The van der Waals surface area contributed by atoms with Crippen molar-refractivity contribution >= 4 is 5.97 Å². The minimum atomic E-state index is -5.06. The number of likely N-dealkylation sites (tertiary alicyclic amines) is 1. The molecule has 1 N–H and O–H groups in total. The maximum Gasteiger partial charge on any atom is 0.434 e. The summed E-state index contributed by atoms with van der Waals surface area (Å²) in [5.41, 5.74) is -2.26. The van der Waals surface area contributed by atoms with Crippen LogP contribution < -0.4 is 4.74 Å². The van der Waals surface area contributed by atoms with E-state index < -0.39 is 59.9 Å². The second kappa shape index (κ2) is 12.5. The van der Waals surface area contributed by atoms with E-state index in [1.54, 1.807) is 12.1 Å². The van der Waals surface area contributed by atoms with Crippen molar-refractivity contribution in [3.63, 3.8) is 0 Å². The first-order valence-corrected chi connectivity index (χ1v) is 13.6. The molecule has 1 saturated heterocycles. The standard InChI is InChI=1S/C30H24F8N4O3/c31-22-12-18(17-8-10-41(11-9-17)16-29(33,34)35)13-23(32)21(22)15-45-25-6-2-1-4-19(25)24-5-3-7-26(40-24)42-27(30(36,37)38)20(14-39-42)28(43)44/h1-7,12-14,17H,8-11,15-16H2,(H,43,44). The number of halogens is 8. The number of aromatic carboxylic acids is 1. The number of benzene rings is 2. The van der Waals surface area contributed by atoms with E-state index in [1.807, 2.05) is 0 Å². The highest BCUT2D eigenvalue weighted by atomic mass is 19.4. The quantitative estimate of drug-likeness (QED) is 0.205. The van der Waals surface area contributed by atoms with E-state index in [0.29, 0.717) is 29.3 Å². The lowest BCUT2D eigenvalue weighted by atomic mass is 9.88. The highest BCUT2D eigenvalue weighted by Crippen LogP contribution is 2.36. The molecule has 0 atom stereocenters. The highest BCUT2D eigenvalue weighted by Gasteiger charge is 2.41. The van der Waals surface area contributed by atoms with Gasteiger partial charge in [-0.2, -0.15) is 31.4 Å². The molecule has 1 fully saturated rings. The smallest absolute Gasteiger partial charge is 0.434 e. The Morgan fingerprint density at radius 2 is 1.62 bits per heavy atom. The summed E-state index contributed by atoms with van der Waals surface area (Å²) in [5.74, 6) is -4.15. The van der Waals surface area contributed by atoms with Gasteiger partial charge in [-0.1, -0.05) is 18.2 Å². The number of carbonyl (C=O) groups is 1. The van der Waals surface area contributed by atoms with Gasteiger partial charge in [-0.05, 0) is 73.8 Å². The van der Waals surface area contributed by atoms with Crippen molar-refractivity contribution in [2.45, 2.75) is 37.7 Å². The van der Waals surface area contributed by atoms with E-state index in [-0.39, 0.29) is 41.8 Å². The molecule has 5 rings (SSSR count). The summed E-state index contributed by atoms with van der Waals surface area (Å²) in [4.78, 5) is 16.8. The van der Waals surface area contributed by atoms with Crippen LogP contribution in [0.15, 0.2) is 60.8 Å². The third-order valence-corrected chi connectivity index (χ3v) is 7.38. The zero-order valence-electron chi connectivity index (χ0n) is 23.2. The Morgan fingerprint density at radius 1 is 0.956 bits per heavy atom. The van der Waals surface area contributed by atoms with Gasteiger partial charge in [-0.3, -0.25) is 4.90 Å². The largest absolute Gasteiger partial charge is 0.488 e. The second-order valence-corrected chi connectivity index (χ2v) is 10.4. The summed E-state index contributed by atoms with van der Waals surface area (Å²) < 4.78 is 116. The van der Waals surface area contributed by atoms with Crippen LogP contribution in [0.4, 0.5) is 35.1 Å². The minimum Gasteiger partial charge on any atom is -0.488 e. The van der Waals surface area contributed by atoms with Gasteiger partial charge in [0.25, 0.3) is 0 Å². The van der Waals surface area contributed by atoms with Crippen LogP contribution in [-0.2, 0) is 12.8 Å². The van der Waals surface area contributed by atoms with Crippen LogP contribution in [-0.4, -0.2) is 56.6 Å². The lowest BCUT2D eigenvalue weighted by Gasteiger charge is -2.32. The average Bonchev–Trinajstić information content (AvgIpc) is 3.44. The van der Waals surface area contributed by atoms with Crippen LogP contribution in [0.5, 0.6) is 5.75 Å². The third kappa shape index (κ3) is 7.24. The normalized spacial score (nSPS) is 14.9. The topological polar surface area (TPSA) is 80.5 Å². The van der Waals surface area contributed by atoms with Crippen LogP contribution >= 0.6 is 0 Å². The molecular weight excluding hydrogens is 616 g/mol. The van der Waals surface area contributed by atoms with E-state index >= 15 is 8.78 Å². The van der Waals surface area contributed by atoms with Crippen LogP contribution in [0.2, 0.25) is 0 Å². The van der Waals surface area contributed by atoms with Crippen LogP contribution in [0, 0.1) is 11.6 Å². The van der Waals surface area contributed by atoms with Gasteiger partial charge < -0.3 is 9.84 Å². The second-order valence-electron chi connectivity index (χ2n) is 10.4.